The molecule has 0 aliphatic heterocycles. The van der Waals surface area contributed by atoms with Gasteiger partial charge in [-0.15, -0.1) is 0 Å². The summed E-state index contributed by atoms with van der Waals surface area (Å²) >= 11 is 2.30. The summed E-state index contributed by atoms with van der Waals surface area (Å²) in [6.45, 7) is 5.96. The lowest BCUT2D eigenvalue weighted by Crippen LogP contribution is -2.21. The number of alkyl halides is 1. The average molecular weight is 413 g/mol. The number of halogens is 1. The van der Waals surface area contributed by atoms with Gasteiger partial charge in [0.15, 0.2) is 6.29 Å². The molecule has 0 bridgehead atoms. The predicted octanol–water partition coefficient (Wildman–Crippen LogP) is 3.82. The Bertz CT molecular complexity index is 720. The Hall–Kier alpha value is -1.37. The Balaban J connectivity index is 2.64. The lowest BCUT2D eigenvalue weighted by atomic mass is 10.0. The van der Waals surface area contributed by atoms with E-state index in [1.807, 2.05) is 18.2 Å². The van der Waals surface area contributed by atoms with E-state index in [9.17, 15) is 9.59 Å². The molecule has 1 heterocycles. The molecule has 0 saturated heterocycles. The lowest BCUT2D eigenvalue weighted by molar-refractivity contribution is 0.111. The number of benzene rings is 1. The third kappa shape index (κ3) is 3.34. The molecule has 1 aromatic heterocycles. The number of aldehydes is 1. The van der Waals surface area contributed by atoms with E-state index >= 15 is 0 Å². The summed E-state index contributed by atoms with van der Waals surface area (Å²) in [4.78, 5) is 25.5. The molecule has 0 radical (unpaired) electrons. The maximum absolute atomic E-state index is 12.1. The van der Waals surface area contributed by atoms with Gasteiger partial charge in [-0.2, -0.15) is 0 Å². The third-order valence-electron chi connectivity index (χ3n) is 3.84. The Morgan fingerprint density at radius 2 is 2.00 bits per heavy atom. The third-order valence-corrected chi connectivity index (χ3v) is 4.61. The second-order valence-corrected chi connectivity index (χ2v) is 6.12. The summed E-state index contributed by atoms with van der Waals surface area (Å²) in [5.41, 5.74) is 2.02. The Kier molecular flexibility index (Phi) is 5.99. The first-order chi connectivity index (χ1) is 10.7. The van der Waals surface area contributed by atoms with Crippen LogP contribution in [0.3, 0.4) is 0 Å². The lowest BCUT2D eigenvalue weighted by Gasteiger charge is -2.21. The van der Waals surface area contributed by atoms with Gasteiger partial charge in [-0.05, 0) is 48.8 Å². The van der Waals surface area contributed by atoms with Crippen LogP contribution in [0.5, 0.6) is 0 Å². The molecule has 22 heavy (non-hydrogen) atoms. The fourth-order valence-corrected chi connectivity index (χ4v) is 3.07. The number of hydrogen-bond acceptors (Lipinski definition) is 4. The number of rotatable bonds is 7. The largest absolute Gasteiger partial charge is 0.422 e. The van der Waals surface area contributed by atoms with Crippen LogP contribution in [0.25, 0.3) is 11.0 Å². The van der Waals surface area contributed by atoms with E-state index in [0.29, 0.717) is 18.3 Å². The van der Waals surface area contributed by atoms with Crippen LogP contribution in [-0.4, -0.2) is 23.8 Å². The van der Waals surface area contributed by atoms with Crippen LogP contribution in [0.15, 0.2) is 27.4 Å². The van der Waals surface area contributed by atoms with Gasteiger partial charge >= 0.3 is 5.63 Å². The SMILES string of the molecule is CCN(CC)c1ccc2c(CCCI)c(C=O)c(=O)oc2c1. The van der Waals surface area contributed by atoms with E-state index in [4.69, 9.17) is 4.42 Å². The van der Waals surface area contributed by atoms with Crippen molar-refractivity contribution in [1.82, 2.24) is 0 Å². The molecule has 0 unspecified atom stereocenters. The van der Waals surface area contributed by atoms with E-state index in [2.05, 4.69) is 41.3 Å². The second-order valence-electron chi connectivity index (χ2n) is 5.04. The number of carbonyl (C=O) groups excluding carboxylic acids is 1. The minimum Gasteiger partial charge on any atom is -0.422 e. The monoisotopic (exact) mass is 413 g/mol. The van der Waals surface area contributed by atoms with Gasteiger partial charge in [0.1, 0.15) is 11.1 Å². The number of aryl methyl sites for hydroxylation is 1. The molecule has 0 atom stereocenters. The highest BCUT2D eigenvalue weighted by Gasteiger charge is 2.15. The van der Waals surface area contributed by atoms with Gasteiger partial charge in [0.25, 0.3) is 0 Å². The standard InChI is InChI=1S/C17H20INO3/c1-3-19(4-2)12-7-8-14-13(6-5-9-18)15(11-20)17(21)22-16(14)10-12/h7-8,10-11H,3-6,9H2,1-2H3. The highest BCUT2D eigenvalue weighted by atomic mass is 127. The van der Waals surface area contributed by atoms with Crippen LogP contribution in [0, 0.1) is 0 Å². The molecule has 2 aromatic rings. The summed E-state index contributed by atoms with van der Waals surface area (Å²) in [6, 6.07) is 5.88. The zero-order valence-electron chi connectivity index (χ0n) is 12.9. The zero-order chi connectivity index (χ0) is 16.1. The maximum Gasteiger partial charge on any atom is 0.347 e. The van der Waals surface area contributed by atoms with Crippen LogP contribution in [-0.2, 0) is 6.42 Å². The van der Waals surface area contributed by atoms with Crippen molar-refractivity contribution in [2.75, 3.05) is 22.4 Å². The van der Waals surface area contributed by atoms with E-state index in [-0.39, 0.29) is 5.56 Å². The summed E-state index contributed by atoms with van der Waals surface area (Å²) in [5, 5.41) is 0.863. The highest BCUT2D eigenvalue weighted by molar-refractivity contribution is 14.1. The quantitative estimate of drug-likeness (QED) is 0.300. The van der Waals surface area contributed by atoms with Crippen LogP contribution in [0.1, 0.15) is 36.2 Å². The second kappa shape index (κ2) is 7.76. The minimum absolute atomic E-state index is 0.160. The molecule has 0 N–H and O–H groups in total. The molecule has 0 fully saturated rings. The van der Waals surface area contributed by atoms with Gasteiger partial charge in [0.05, 0.1) is 0 Å². The highest BCUT2D eigenvalue weighted by Crippen LogP contribution is 2.26. The molecule has 0 spiro atoms. The Morgan fingerprint density at radius 1 is 1.27 bits per heavy atom. The van der Waals surface area contributed by atoms with Gasteiger partial charge in [-0.3, -0.25) is 4.79 Å². The van der Waals surface area contributed by atoms with Crippen LogP contribution in [0.2, 0.25) is 0 Å². The van der Waals surface area contributed by atoms with Crippen molar-refractivity contribution in [1.29, 1.82) is 0 Å². The number of nitrogens with zero attached hydrogens (tertiary/aromatic N) is 1. The van der Waals surface area contributed by atoms with Crippen molar-refractivity contribution in [3.63, 3.8) is 0 Å². The Morgan fingerprint density at radius 3 is 2.59 bits per heavy atom. The van der Waals surface area contributed by atoms with E-state index in [1.165, 1.54) is 0 Å². The minimum atomic E-state index is -0.539. The maximum atomic E-state index is 12.1. The van der Waals surface area contributed by atoms with Crippen molar-refractivity contribution in [2.45, 2.75) is 26.7 Å². The van der Waals surface area contributed by atoms with Gasteiger partial charge in [0.2, 0.25) is 0 Å². The smallest absolute Gasteiger partial charge is 0.347 e. The fraction of sp³-hybridized carbons (Fsp3) is 0.412. The van der Waals surface area contributed by atoms with Crippen LogP contribution >= 0.6 is 22.6 Å². The van der Waals surface area contributed by atoms with Crippen LogP contribution < -0.4 is 10.5 Å². The fourth-order valence-electron chi connectivity index (χ4n) is 2.69. The van der Waals surface area contributed by atoms with Crippen LogP contribution in [0.4, 0.5) is 5.69 Å². The molecule has 5 heteroatoms. The van der Waals surface area contributed by atoms with Gasteiger partial charge in [-0.25, -0.2) is 4.79 Å². The first-order valence-corrected chi connectivity index (χ1v) is 9.04. The van der Waals surface area contributed by atoms with Crippen molar-refractivity contribution in [3.8, 4) is 0 Å². The van der Waals surface area contributed by atoms with Gasteiger partial charge in [-0.1, -0.05) is 22.6 Å². The predicted molar refractivity (Wildman–Crippen MR) is 98.6 cm³/mol. The molecular weight excluding hydrogens is 393 g/mol. The van der Waals surface area contributed by atoms with Crippen molar-refractivity contribution < 1.29 is 9.21 Å². The first kappa shape index (κ1) is 17.0. The zero-order valence-corrected chi connectivity index (χ0v) is 15.1. The number of fused-ring (bicyclic) bond motifs is 1. The number of hydrogen-bond donors (Lipinski definition) is 0. The van der Waals surface area contributed by atoms with E-state index in [1.54, 1.807) is 0 Å². The van der Waals surface area contributed by atoms with Gasteiger partial charge < -0.3 is 9.32 Å². The molecule has 0 aliphatic carbocycles. The average Bonchev–Trinajstić information content (AvgIpc) is 2.53. The summed E-state index contributed by atoms with van der Waals surface area (Å²) in [6.07, 6.45) is 2.26. The first-order valence-electron chi connectivity index (χ1n) is 7.52. The van der Waals surface area contributed by atoms with Crippen molar-refractivity contribution in [2.24, 2.45) is 0 Å². The van der Waals surface area contributed by atoms with E-state index in [0.717, 1.165) is 40.6 Å². The summed E-state index contributed by atoms with van der Waals surface area (Å²) in [5.74, 6) is 0. The molecule has 0 aliphatic rings. The molecule has 118 valence electrons. The molecule has 0 amide bonds. The number of carbonyl (C=O) groups is 1. The van der Waals surface area contributed by atoms with Crippen molar-refractivity contribution in [3.05, 3.63) is 39.7 Å². The summed E-state index contributed by atoms with van der Waals surface area (Å²) < 4.78 is 6.35. The van der Waals surface area contributed by atoms with Gasteiger partial charge in [0, 0.05) is 30.2 Å². The Labute approximate surface area is 143 Å². The molecule has 0 saturated carbocycles. The molecule has 2 rings (SSSR count). The van der Waals surface area contributed by atoms with Crippen molar-refractivity contribution >= 4 is 45.5 Å². The topological polar surface area (TPSA) is 50.5 Å². The molecule has 4 nitrogen and oxygen atoms in total. The normalized spacial score (nSPS) is 10.9. The van der Waals surface area contributed by atoms with E-state index < -0.39 is 5.63 Å². The number of anilines is 1. The molecule has 1 aromatic carbocycles. The summed E-state index contributed by atoms with van der Waals surface area (Å²) in [7, 11) is 0. The molecular formula is C17H20INO3.